The van der Waals surface area contributed by atoms with Gasteiger partial charge in [0.05, 0.1) is 14.2 Å². The van der Waals surface area contributed by atoms with Gasteiger partial charge in [-0.05, 0) is 56.3 Å². The summed E-state index contributed by atoms with van der Waals surface area (Å²) in [5.41, 5.74) is 5.37. The molecular formula is C21H33BN3O6. The van der Waals surface area contributed by atoms with Crippen LogP contribution in [0.25, 0.3) is 0 Å². The van der Waals surface area contributed by atoms with Gasteiger partial charge in [0.1, 0.15) is 11.6 Å². The lowest BCUT2D eigenvalue weighted by Gasteiger charge is -2.29. The van der Waals surface area contributed by atoms with Crippen LogP contribution in [0, 0.1) is 5.41 Å². The highest BCUT2D eigenvalue weighted by Gasteiger charge is 2.48. The van der Waals surface area contributed by atoms with Crippen molar-refractivity contribution < 1.29 is 28.7 Å². The van der Waals surface area contributed by atoms with E-state index in [1.54, 1.807) is 14.2 Å². The molecule has 1 atom stereocenters. The van der Waals surface area contributed by atoms with Gasteiger partial charge in [-0.2, -0.15) is 0 Å². The first-order chi connectivity index (χ1) is 15.0. The zero-order chi connectivity index (χ0) is 22.7. The molecule has 31 heavy (non-hydrogen) atoms. The van der Waals surface area contributed by atoms with E-state index >= 15 is 0 Å². The van der Waals surface area contributed by atoms with Crippen molar-refractivity contribution in [2.24, 2.45) is 11.1 Å². The normalized spacial score (nSPS) is 15.7. The lowest BCUT2D eigenvalue weighted by Crippen LogP contribution is -2.53. The first kappa shape index (κ1) is 25.0. The standard InChI is InChI=1S/C21H33BN3O6/c1-29-16-8-7-15(14-17(16)30-2)9-13-24-19(26)21(10-3-4-11-21)20(27)25-18(31-22-28)6-5-12-23/h7-8,14,18,28H,3-6,9-13,23H2,1-2H3,(H,24,26)(H,25,27)/t18-/m1/s1. The van der Waals surface area contributed by atoms with Gasteiger partial charge in [-0.1, -0.05) is 18.9 Å². The molecule has 9 nitrogen and oxygen atoms in total. The molecule has 1 aliphatic carbocycles. The van der Waals surface area contributed by atoms with E-state index in [9.17, 15) is 9.59 Å². The van der Waals surface area contributed by atoms with Crippen molar-refractivity contribution in [1.29, 1.82) is 0 Å². The summed E-state index contributed by atoms with van der Waals surface area (Å²) in [5.74, 6) is 0.608. The van der Waals surface area contributed by atoms with Crippen LogP contribution in [-0.2, 0) is 20.7 Å². The SMILES string of the molecule is COc1ccc(CCNC(=O)C2(C(=O)N[C@@H](CCCN)O[B]O)CCCC2)cc1OC. The minimum Gasteiger partial charge on any atom is -0.493 e. The third-order valence-electron chi connectivity index (χ3n) is 5.66. The van der Waals surface area contributed by atoms with Gasteiger partial charge >= 0.3 is 7.69 Å². The van der Waals surface area contributed by atoms with Gasteiger partial charge in [0, 0.05) is 6.54 Å². The van der Waals surface area contributed by atoms with Crippen LogP contribution in [0.4, 0.5) is 0 Å². The Hall–Kier alpha value is -2.30. The number of amides is 2. The summed E-state index contributed by atoms with van der Waals surface area (Å²) >= 11 is 0. The van der Waals surface area contributed by atoms with Gasteiger partial charge in [-0.15, -0.1) is 0 Å². The van der Waals surface area contributed by atoms with Crippen LogP contribution in [0.15, 0.2) is 18.2 Å². The molecule has 1 saturated carbocycles. The molecular weight excluding hydrogens is 401 g/mol. The molecule has 171 valence electrons. The van der Waals surface area contributed by atoms with Gasteiger partial charge in [0.2, 0.25) is 11.8 Å². The molecule has 1 aromatic rings. The fourth-order valence-electron chi connectivity index (χ4n) is 3.90. The minimum absolute atomic E-state index is 0.284. The molecule has 1 aromatic carbocycles. The largest absolute Gasteiger partial charge is 0.493 e. The molecule has 1 fully saturated rings. The van der Waals surface area contributed by atoms with Crippen molar-refractivity contribution >= 4 is 19.5 Å². The smallest absolute Gasteiger partial charge is 0.486 e. The van der Waals surface area contributed by atoms with Crippen LogP contribution >= 0.6 is 0 Å². The number of ether oxygens (including phenoxy) is 2. The molecule has 1 aliphatic rings. The first-order valence-corrected chi connectivity index (χ1v) is 10.6. The molecule has 2 amide bonds. The number of nitrogens with two attached hydrogens (primary N) is 1. The summed E-state index contributed by atoms with van der Waals surface area (Å²) < 4.78 is 15.6. The summed E-state index contributed by atoms with van der Waals surface area (Å²) in [6, 6.07) is 5.60. The maximum Gasteiger partial charge on any atom is 0.486 e. The van der Waals surface area contributed by atoms with Crippen molar-refractivity contribution in [3.8, 4) is 11.5 Å². The number of carbonyl (C=O) groups excluding carboxylic acids is 2. The van der Waals surface area contributed by atoms with E-state index in [1.165, 1.54) is 0 Å². The van der Waals surface area contributed by atoms with Crippen LogP contribution in [0.5, 0.6) is 11.5 Å². The highest BCUT2D eigenvalue weighted by atomic mass is 16.5. The van der Waals surface area contributed by atoms with E-state index in [0.29, 0.717) is 64.4 Å². The predicted molar refractivity (Wildman–Crippen MR) is 116 cm³/mol. The highest BCUT2D eigenvalue weighted by Crippen LogP contribution is 2.39. The Morgan fingerprint density at radius 2 is 1.90 bits per heavy atom. The average molecular weight is 434 g/mol. The zero-order valence-corrected chi connectivity index (χ0v) is 18.3. The number of methoxy groups -OCH3 is 2. The molecule has 0 bridgehead atoms. The topological polar surface area (TPSA) is 132 Å². The Labute approximate surface area is 184 Å². The summed E-state index contributed by atoms with van der Waals surface area (Å²) in [4.78, 5) is 26.1. The molecule has 2 rings (SSSR count). The van der Waals surface area contributed by atoms with Crippen LogP contribution in [0.2, 0.25) is 0 Å². The Kier molecular flexibility index (Phi) is 10.1. The molecule has 0 saturated heterocycles. The Morgan fingerprint density at radius 3 is 2.52 bits per heavy atom. The van der Waals surface area contributed by atoms with Gasteiger partial charge in [0.15, 0.2) is 11.5 Å². The van der Waals surface area contributed by atoms with Crippen LogP contribution in [0.1, 0.15) is 44.1 Å². The van der Waals surface area contributed by atoms with Gasteiger partial charge in [0.25, 0.3) is 0 Å². The van der Waals surface area contributed by atoms with Crippen LogP contribution in [0.3, 0.4) is 0 Å². The molecule has 0 aliphatic heterocycles. The van der Waals surface area contributed by atoms with Gasteiger partial charge < -0.3 is 35.5 Å². The molecule has 0 unspecified atom stereocenters. The maximum absolute atomic E-state index is 13.0. The Bertz CT molecular complexity index is 727. The quantitative estimate of drug-likeness (QED) is 0.204. The van der Waals surface area contributed by atoms with Crippen LogP contribution in [-0.4, -0.2) is 58.1 Å². The minimum atomic E-state index is -1.13. The van der Waals surface area contributed by atoms with E-state index in [4.69, 9.17) is 24.9 Å². The fraction of sp³-hybridized carbons (Fsp3) is 0.619. The van der Waals surface area contributed by atoms with Crippen molar-refractivity contribution in [3.05, 3.63) is 23.8 Å². The van der Waals surface area contributed by atoms with Gasteiger partial charge in [-0.3, -0.25) is 9.59 Å². The van der Waals surface area contributed by atoms with E-state index in [2.05, 4.69) is 10.6 Å². The van der Waals surface area contributed by atoms with E-state index in [1.807, 2.05) is 18.2 Å². The maximum atomic E-state index is 13.0. The molecule has 5 N–H and O–H groups in total. The van der Waals surface area contributed by atoms with Crippen molar-refractivity contribution in [2.75, 3.05) is 27.3 Å². The second kappa shape index (κ2) is 12.5. The average Bonchev–Trinajstić information content (AvgIpc) is 3.28. The number of rotatable bonds is 13. The van der Waals surface area contributed by atoms with E-state index in [0.717, 1.165) is 18.4 Å². The second-order valence-corrected chi connectivity index (χ2v) is 7.62. The van der Waals surface area contributed by atoms with Gasteiger partial charge in [-0.25, -0.2) is 0 Å². The van der Waals surface area contributed by atoms with E-state index < -0.39 is 11.6 Å². The first-order valence-electron chi connectivity index (χ1n) is 10.6. The fourth-order valence-corrected chi connectivity index (χ4v) is 3.90. The zero-order valence-electron chi connectivity index (χ0n) is 18.3. The summed E-state index contributed by atoms with van der Waals surface area (Å²) in [7, 11) is 3.70. The molecule has 1 radical (unpaired) electrons. The Balaban J connectivity index is 1.98. The van der Waals surface area contributed by atoms with Crippen molar-refractivity contribution in [1.82, 2.24) is 10.6 Å². The predicted octanol–water partition coefficient (Wildman–Crippen LogP) is 0.647. The van der Waals surface area contributed by atoms with Crippen molar-refractivity contribution in [3.63, 3.8) is 0 Å². The lowest BCUT2D eigenvalue weighted by atomic mass is 9.83. The van der Waals surface area contributed by atoms with Crippen molar-refractivity contribution in [2.45, 2.75) is 51.2 Å². The number of nitrogens with one attached hydrogen (secondary N) is 2. The molecule has 10 heteroatoms. The molecule has 0 heterocycles. The summed E-state index contributed by atoms with van der Waals surface area (Å²) in [6.45, 7) is 0.823. The van der Waals surface area contributed by atoms with E-state index in [-0.39, 0.29) is 11.8 Å². The Morgan fingerprint density at radius 1 is 1.19 bits per heavy atom. The number of benzene rings is 1. The number of hydrogen-bond acceptors (Lipinski definition) is 7. The van der Waals surface area contributed by atoms with Crippen LogP contribution < -0.4 is 25.8 Å². The third-order valence-corrected chi connectivity index (χ3v) is 5.66. The number of carbonyl (C=O) groups is 2. The summed E-state index contributed by atoms with van der Waals surface area (Å²) in [6.07, 6.45) is 3.48. The lowest BCUT2D eigenvalue weighted by molar-refractivity contribution is -0.145. The molecule has 0 spiro atoms. The summed E-state index contributed by atoms with van der Waals surface area (Å²) in [5, 5.41) is 14.6. The highest BCUT2D eigenvalue weighted by molar-refractivity contribution is 6.16. The molecule has 0 aromatic heterocycles. The third kappa shape index (κ3) is 6.59. The monoisotopic (exact) mass is 434 g/mol. The number of hydrogen-bond donors (Lipinski definition) is 4. The second-order valence-electron chi connectivity index (χ2n) is 7.62.